The fourth-order valence-corrected chi connectivity index (χ4v) is 5.14. The molecule has 1 saturated heterocycles. The molecule has 3 heterocycles. The van der Waals surface area contributed by atoms with E-state index in [2.05, 4.69) is 5.32 Å². The van der Waals surface area contributed by atoms with E-state index in [1.54, 1.807) is 0 Å². The highest BCUT2D eigenvalue weighted by molar-refractivity contribution is 8.00. The van der Waals surface area contributed by atoms with Crippen LogP contribution in [0.3, 0.4) is 0 Å². The monoisotopic (exact) mass is 426 g/mol. The number of nitrogens with one attached hydrogen (secondary N) is 1. The molecule has 0 spiro atoms. The lowest BCUT2D eigenvalue weighted by Crippen LogP contribution is -2.79. The van der Waals surface area contributed by atoms with Crippen molar-refractivity contribution in [3.63, 3.8) is 0 Å². The zero-order valence-electron chi connectivity index (χ0n) is 15.1. The van der Waals surface area contributed by atoms with E-state index in [1.807, 2.05) is 17.5 Å². The molecule has 0 bridgehead atoms. The van der Waals surface area contributed by atoms with Crippen LogP contribution in [0.25, 0.3) is 0 Å². The average Bonchev–Trinajstić information content (AvgIpc) is 3.15. The van der Waals surface area contributed by atoms with Crippen LogP contribution in [0.2, 0.25) is 0 Å². The highest BCUT2D eigenvalue weighted by Gasteiger charge is 2.66. The third kappa shape index (κ3) is 3.52. The molecule has 1 aromatic heterocycles. The summed E-state index contributed by atoms with van der Waals surface area (Å²) < 4.78 is 10.4. The van der Waals surface area contributed by atoms with E-state index in [0.29, 0.717) is 0 Å². The quantitative estimate of drug-likeness (QED) is 0.479. The van der Waals surface area contributed by atoms with Crippen LogP contribution in [-0.2, 0) is 35.1 Å². The van der Waals surface area contributed by atoms with E-state index in [9.17, 15) is 24.3 Å². The Morgan fingerprint density at radius 2 is 2.18 bits per heavy atom. The number of aliphatic carboxylic acids is 1. The summed E-state index contributed by atoms with van der Waals surface area (Å²) in [6.45, 7) is 0.979. The number of thioether (sulfide) groups is 1. The number of β-lactam (4-membered cyclic amide) rings is 1. The number of fused-ring (bicyclic) bond motifs is 1. The first-order valence-electron chi connectivity index (χ1n) is 8.23. The molecule has 2 N–H and O–H groups in total. The van der Waals surface area contributed by atoms with Gasteiger partial charge in [-0.05, 0) is 11.4 Å². The average molecular weight is 426 g/mol. The van der Waals surface area contributed by atoms with Crippen molar-refractivity contribution in [2.24, 2.45) is 0 Å². The summed E-state index contributed by atoms with van der Waals surface area (Å²) in [6, 6.07) is 2.62. The number of esters is 1. The van der Waals surface area contributed by atoms with E-state index in [1.165, 1.54) is 25.4 Å². The van der Waals surface area contributed by atoms with E-state index in [-0.39, 0.29) is 36.0 Å². The van der Waals surface area contributed by atoms with Gasteiger partial charge in [0.05, 0.1) is 6.42 Å². The summed E-state index contributed by atoms with van der Waals surface area (Å²) >= 11 is 2.59. The zero-order valence-corrected chi connectivity index (χ0v) is 16.7. The van der Waals surface area contributed by atoms with Gasteiger partial charge in [0.1, 0.15) is 12.3 Å². The minimum atomic E-state index is -1.35. The third-order valence-corrected chi connectivity index (χ3v) is 6.69. The molecule has 0 saturated carbocycles. The Morgan fingerprint density at radius 1 is 1.43 bits per heavy atom. The first-order chi connectivity index (χ1) is 13.3. The van der Waals surface area contributed by atoms with Crippen LogP contribution in [-0.4, -0.2) is 64.3 Å². The van der Waals surface area contributed by atoms with Crippen molar-refractivity contribution in [3.05, 3.63) is 33.7 Å². The van der Waals surface area contributed by atoms with Gasteiger partial charge in [-0.1, -0.05) is 17.8 Å². The molecule has 1 aromatic rings. The van der Waals surface area contributed by atoms with Crippen molar-refractivity contribution in [1.29, 1.82) is 0 Å². The second-order valence-corrected chi connectivity index (χ2v) is 8.29. The van der Waals surface area contributed by atoms with E-state index in [0.717, 1.165) is 21.5 Å². The van der Waals surface area contributed by atoms with Gasteiger partial charge in [0, 0.05) is 30.2 Å². The highest BCUT2D eigenvalue weighted by atomic mass is 32.2. The van der Waals surface area contributed by atoms with Gasteiger partial charge >= 0.3 is 11.9 Å². The number of carboxylic acids is 1. The lowest BCUT2D eigenvalue weighted by Gasteiger charge is -2.57. The molecule has 150 valence electrons. The van der Waals surface area contributed by atoms with Crippen molar-refractivity contribution in [2.45, 2.75) is 24.4 Å². The molecule has 0 radical (unpaired) electrons. The highest BCUT2D eigenvalue weighted by Crippen LogP contribution is 2.50. The Labute approximate surface area is 168 Å². The van der Waals surface area contributed by atoms with E-state index < -0.39 is 28.9 Å². The molecular weight excluding hydrogens is 408 g/mol. The lowest BCUT2D eigenvalue weighted by atomic mass is 9.99. The van der Waals surface area contributed by atoms with Crippen molar-refractivity contribution in [1.82, 2.24) is 10.2 Å². The largest absolute Gasteiger partial charge is 0.477 e. The summed E-state index contributed by atoms with van der Waals surface area (Å²) in [7, 11) is 1.35. The van der Waals surface area contributed by atoms with Crippen LogP contribution in [0.15, 0.2) is 28.8 Å². The predicted molar refractivity (Wildman–Crippen MR) is 100 cm³/mol. The van der Waals surface area contributed by atoms with Crippen LogP contribution in [0.1, 0.15) is 11.8 Å². The molecule has 11 heteroatoms. The fraction of sp³-hybridized carbons (Fsp3) is 0.412. The number of carboxylic acid groups (broad SMARTS) is 1. The number of methoxy groups -OCH3 is 1. The van der Waals surface area contributed by atoms with Gasteiger partial charge < -0.3 is 19.9 Å². The molecule has 0 aliphatic carbocycles. The molecule has 2 aliphatic rings. The normalized spacial score (nSPS) is 23.7. The maximum atomic E-state index is 12.7. The summed E-state index contributed by atoms with van der Waals surface area (Å²) in [5.74, 6) is -2.67. The Kier molecular flexibility index (Phi) is 5.77. The number of hydrogen-bond acceptors (Lipinski definition) is 8. The zero-order chi connectivity index (χ0) is 20.5. The molecule has 28 heavy (non-hydrogen) atoms. The topological polar surface area (TPSA) is 122 Å². The second kappa shape index (κ2) is 7.94. The molecule has 0 aromatic carbocycles. The second-order valence-electron chi connectivity index (χ2n) is 6.09. The first kappa shape index (κ1) is 20.4. The fourth-order valence-electron chi connectivity index (χ4n) is 3.08. The maximum Gasteiger partial charge on any atom is 0.352 e. The van der Waals surface area contributed by atoms with Gasteiger partial charge in [-0.25, -0.2) is 4.79 Å². The standard InChI is InChI=1S/C17H18N2O7S2/c1-9(20)26-7-10-8-28-17(25-2)14(15(22)19(17)13(10)16(23)24)18-12(21)6-11-4-3-5-27-11/h3-5,14H,6-8H2,1-2H3,(H,18,21)(H,23,24)/t14?,17-/m1/s1. The SMILES string of the molecule is CO[C@]12SCC(COC(C)=O)=C(C(=O)O)N1C(=O)C2NC(=O)Cc1cccs1. The van der Waals surface area contributed by atoms with Crippen molar-refractivity contribution >= 4 is 46.9 Å². The molecule has 1 fully saturated rings. The first-order valence-corrected chi connectivity index (χ1v) is 10.1. The van der Waals surface area contributed by atoms with Gasteiger partial charge in [-0.2, -0.15) is 0 Å². The number of amides is 2. The molecule has 9 nitrogen and oxygen atoms in total. The van der Waals surface area contributed by atoms with Crippen molar-refractivity contribution in [3.8, 4) is 0 Å². The Hall–Kier alpha value is -2.37. The Balaban J connectivity index is 1.82. The molecule has 2 atom stereocenters. The summed E-state index contributed by atoms with van der Waals surface area (Å²) in [4.78, 5) is 49.8. The summed E-state index contributed by atoms with van der Waals surface area (Å²) in [5.41, 5.74) is 0.00712. The van der Waals surface area contributed by atoms with Gasteiger partial charge in [-0.3, -0.25) is 19.3 Å². The van der Waals surface area contributed by atoms with Crippen LogP contribution < -0.4 is 5.32 Å². The number of carbonyl (C=O) groups excluding carboxylic acids is 3. The number of carbonyl (C=O) groups is 4. The molecule has 1 unspecified atom stereocenters. The number of ether oxygens (including phenoxy) is 2. The van der Waals surface area contributed by atoms with E-state index in [4.69, 9.17) is 9.47 Å². The third-order valence-electron chi connectivity index (χ3n) is 4.32. The molecular formula is C17H18N2O7S2. The number of nitrogens with zero attached hydrogens (tertiary/aromatic N) is 1. The molecule has 2 amide bonds. The van der Waals surface area contributed by atoms with Gasteiger partial charge in [-0.15, -0.1) is 11.3 Å². The van der Waals surface area contributed by atoms with Crippen molar-refractivity contribution in [2.75, 3.05) is 19.5 Å². The molecule has 3 rings (SSSR count). The Bertz CT molecular complexity index is 852. The van der Waals surface area contributed by atoms with Crippen LogP contribution >= 0.6 is 23.1 Å². The predicted octanol–water partition coefficient (Wildman–Crippen LogP) is 0.566. The summed E-state index contributed by atoms with van der Waals surface area (Å²) in [6.07, 6.45) is 0.116. The van der Waals surface area contributed by atoms with Crippen LogP contribution in [0.4, 0.5) is 0 Å². The number of thiophene rings is 1. The number of hydrogen-bond donors (Lipinski definition) is 2. The van der Waals surface area contributed by atoms with E-state index >= 15 is 0 Å². The van der Waals surface area contributed by atoms with Gasteiger partial charge in [0.15, 0.2) is 6.04 Å². The van der Waals surface area contributed by atoms with Gasteiger partial charge in [0.2, 0.25) is 11.0 Å². The minimum Gasteiger partial charge on any atom is -0.477 e. The Morgan fingerprint density at radius 3 is 2.75 bits per heavy atom. The summed E-state index contributed by atoms with van der Waals surface area (Å²) in [5, 5.41) is 12.8. The smallest absolute Gasteiger partial charge is 0.352 e. The van der Waals surface area contributed by atoms with Crippen LogP contribution in [0.5, 0.6) is 0 Å². The van der Waals surface area contributed by atoms with Gasteiger partial charge in [0.25, 0.3) is 5.91 Å². The van der Waals surface area contributed by atoms with Crippen LogP contribution in [0, 0.1) is 0 Å². The maximum absolute atomic E-state index is 12.7. The number of rotatable bonds is 7. The minimum absolute atomic E-state index is 0.116. The van der Waals surface area contributed by atoms with Crippen molar-refractivity contribution < 1.29 is 33.8 Å². The molecule has 2 aliphatic heterocycles. The lowest BCUT2D eigenvalue weighted by molar-refractivity contribution is -0.187.